The number of rotatable bonds is 2. The highest BCUT2D eigenvalue weighted by Gasteiger charge is 2.10. The molecule has 3 aromatic rings. The first kappa shape index (κ1) is 14.5. The van der Waals surface area contributed by atoms with Gasteiger partial charge in [-0.05, 0) is 57.6 Å². The van der Waals surface area contributed by atoms with E-state index in [1.54, 1.807) is 0 Å². The first-order valence-electron chi connectivity index (χ1n) is 7.95. The molecule has 1 aliphatic rings. The van der Waals surface area contributed by atoms with Crippen LogP contribution in [0.3, 0.4) is 0 Å². The molecule has 0 radical (unpaired) electrons. The van der Waals surface area contributed by atoms with Crippen LogP contribution >= 0.6 is 15.9 Å². The van der Waals surface area contributed by atoms with Gasteiger partial charge in [0, 0.05) is 4.47 Å². The summed E-state index contributed by atoms with van der Waals surface area (Å²) in [6, 6.07) is 23.9. The number of allylic oxidation sites excluding steroid dienone is 3. The molecule has 3 aromatic carbocycles. The SMILES string of the molecule is Brc1ccc2cc(C3=CC(c4ccccc4)=CBC3)ccc2c1. The molecule has 0 N–H and O–H groups in total. The second kappa shape index (κ2) is 6.21. The van der Waals surface area contributed by atoms with E-state index >= 15 is 0 Å². The van der Waals surface area contributed by atoms with E-state index in [-0.39, 0.29) is 0 Å². The largest absolute Gasteiger partial charge is 0.153 e. The summed E-state index contributed by atoms with van der Waals surface area (Å²) in [4.78, 5) is 0. The summed E-state index contributed by atoms with van der Waals surface area (Å²) in [6.07, 6.45) is 3.46. The maximum Gasteiger partial charge on any atom is 0.153 e. The molecule has 4 rings (SSSR count). The third-order valence-corrected chi connectivity index (χ3v) is 4.88. The Kier molecular flexibility index (Phi) is 3.93. The van der Waals surface area contributed by atoms with Crippen LogP contribution in [0.1, 0.15) is 11.1 Å². The van der Waals surface area contributed by atoms with E-state index in [9.17, 15) is 0 Å². The topological polar surface area (TPSA) is 0 Å². The maximum absolute atomic E-state index is 3.54. The van der Waals surface area contributed by atoms with E-state index in [0.717, 1.165) is 18.1 Å². The molecule has 1 aliphatic heterocycles. The highest BCUT2D eigenvalue weighted by molar-refractivity contribution is 9.10. The van der Waals surface area contributed by atoms with Crippen molar-refractivity contribution in [3.63, 3.8) is 0 Å². The predicted molar refractivity (Wildman–Crippen MR) is 106 cm³/mol. The Balaban J connectivity index is 1.74. The molecule has 0 aliphatic carbocycles. The molecule has 0 saturated carbocycles. The Morgan fingerprint density at radius 1 is 0.783 bits per heavy atom. The van der Waals surface area contributed by atoms with Crippen LogP contribution in [0.2, 0.25) is 6.32 Å². The van der Waals surface area contributed by atoms with Crippen molar-refractivity contribution in [3.8, 4) is 0 Å². The van der Waals surface area contributed by atoms with Crippen molar-refractivity contribution in [1.82, 2.24) is 0 Å². The first-order chi connectivity index (χ1) is 11.3. The summed E-state index contributed by atoms with van der Waals surface area (Å²) >= 11 is 3.54. The molecule has 0 saturated heterocycles. The third-order valence-electron chi connectivity index (χ3n) is 4.39. The third kappa shape index (κ3) is 3.04. The predicted octanol–water partition coefficient (Wildman–Crippen LogP) is 5.90. The lowest BCUT2D eigenvalue weighted by Gasteiger charge is -2.15. The number of hydrogen-bond donors (Lipinski definition) is 0. The Bertz CT molecular complexity index is 923. The molecular formula is C21H16BBr. The van der Waals surface area contributed by atoms with E-state index in [0.29, 0.717) is 0 Å². The molecular weight excluding hydrogens is 343 g/mol. The lowest BCUT2D eigenvalue weighted by atomic mass is 9.65. The number of benzene rings is 3. The van der Waals surface area contributed by atoms with E-state index in [4.69, 9.17) is 0 Å². The van der Waals surface area contributed by atoms with Crippen LogP contribution in [0.15, 0.2) is 83.3 Å². The normalized spacial score (nSPS) is 14.1. The van der Waals surface area contributed by atoms with Gasteiger partial charge < -0.3 is 0 Å². The molecule has 0 unspecified atom stereocenters. The monoisotopic (exact) mass is 358 g/mol. The first-order valence-corrected chi connectivity index (χ1v) is 8.75. The summed E-state index contributed by atoms with van der Waals surface area (Å²) < 4.78 is 1.13. The Labute approximate surface area is 145 Å². The van der Waals surface area contributed by atoms with Crippen molar-refractivity contribution in [2.75, 3.05) is 0 Å². The van der Waals surface area contributed by atoms with Gasteiger partial charge in [-0.1, -0.05) is 70.5 Å². The van der Waals surface area contributed by atoms with E-state index in [2.05, 4.69) is 94.7 Å². The smallest absolute Gasteiger partial charge is 0.111 e. The van der Waals surface area contributed by atoms with Crippen molar-refractivity contribution in [1.29, 1.82) is 0 Å². The van der Waals surface area contributed by atoms with Gasteiger partial charge in [0.2, 0.25) is 0 Å². The fourth-order valence-electron chi connectivity index (χ4n) is 3.18. The van der Waals surface area contributed by atoms with E-state index in [1.807, 2.05) is 0 Å². The Morgan fingerprint density at radius 2 is 1.57 bits per heavy atom. The lowest BCUT2D eigenvalue weighted by Crippen LogP contribution is -1.98. The number of hydrogen-bond acceptors (Lipinski definition) is 0. The van der Waals surface area contributed by atoms with Crippen molar-refractivity contribution in [2.45, 2.75) is 6.32 Å². The van der Waals surface area contributed by atoms with E-state index in [1.165, 1.54) is 33.0 Å². The molecule has 0 amide bonds. The van der Waals surface area contributed by atoms with Crippen LogP contribution < -0.4 is 0 Å². The Hall–Kier alpha value is -2.06. The molecule has 110 valence electrons. The second-order valence-electron chi connectivity index (χ2n) is 5.94. The van der Waals surface area contributed by atoms with Gasteiger partial charge in [0.05, 0.1) is 0 Å². The average Bonchev–Trinajstić information content (AvgIpc) is 2.62. The molecule has 0 atom stereocenters. The van der Waals surface area contributed by atoms with Crippen molar-refractivity contribution in [3.05, 3.63) is 94.4 Å². The minimum Gasteiger partial charge on any atom is -0.111 e. The van der Waals surface area contributed by atoms with E-state index < -0.39 is 0 Å². The van der Waals surface area contributed by atoms with Gasteiger partial charge in [0.25, 0.3) is 0 Å². The van der Waals surface area contributed by atoms with Crippen LogP contribution in [0.5, 0.6) is 0 Å². The molecule has 0 fully saturated rings. The van der Waals surface area contributed by atoms with Crippen LogP contribution in [0, 0.1) is 0 Å². The fourth-order valence-corrected chi connectivity index (χ4v) is 3.56. The van der Waals surface area contributed by atoms with Crippen LogP contribution in [-0.4, -0.2) is 7.28 Å². The molecule has 0 nitrogen and oxygen atoms in total. The molecule has 0 bridgehead atoms. The summed E-state index contributed by atoms with van der Waals surface area (Å²) in [5, 5.41) is 2.57. The standard InChI is InChI=1S/C21H16BBr/c23-21-9-8-16-10-17(6-7-18(16)12-21)20-11-19(13-22-14-20)15-4-2-1-3-5-15/h1-13,22H,14H2. The molecule has 23 heavy (non-hydrogen) atoms. The number of fused-ring (bicyclic) bond motifs is 1. The zero-order valence-electron chi connectivity index (χ0n) is 12.8. The quantitative estimate of drug-likeness (QED) is 0.500. The lowest BCUT2D eigenvalue weighted by molar-refractivity contribution is 1.55. The summed E-state index contributed by atoms with van der Waals surface area (Å²) in [7, 11) is 1.11. The highest BCUT2D eigenvalue weighted by Crippen LogP contribution is 2.31. The highest BCUT2D eigenvalue weighted by atomic mass is 79.9. The minimum atomic E-state index is 1.11. The molecule has 2 heteroatoms. The summed E-state index contributed by atoms with van der Waals surface area (Å²) in [5.74, 6) is 2.34. The van der Waals surface area contributed by atoms with Gasteiger partial charge >= 0.3 is 0 Å². The zero-order valence-corrected chi connectivity index (χ0v) is 14.4. The van der Waals surface area contributed by atoms with Crippen LogP contribution in [-0.2, 0) is 0 Å². The van der Waals surface area contributed by atoms with Crippen LogP contribution in [0.25, 0.3) is 21.9 Å². The van der Waals surface area contributed by atoms with Gasteiger partial charge in [-0.15, -0.1) is 5.98 Å². The molecule has 1 heterocycles. The van der Waals surface area contributed by atoms with Gasteiger partial charge in [-0.2, -0.15) is 0 Å². The second-order valence-corrected chi connectivity index (χ2v) is 6.86. The fraction of sp³-hybridized carbons (Fsp3) is 0.0476. The maximum atomic E-state index is 3.54. The summed E-state index contributed by atoms with van der Waals surface area (Å²) in [6.45, 7) is 0. The molecule has 0 aromatic heterocycles. The van der Waals surface area contributed by atoms with Gasteiger partial charge in [0.1, 0.15) is 0 Å². The van der Waals surface area contributed by atoms with Crippen molar-refractivity contribution >= 4 is 45.1 Å². The van der Waals surface area contributed by atoms with Crippen molar-refractivity contribution < 1.29 is 0 Å². The average molecular weight is 359 g/mol. The molecule has 0 spiro atoms. The van der Waals surface area contributed by atoms with Gasteiger partial charge in [-0.25, -0.2) is 0 Å². The van der Waals surface area contributed by atoms with Gasteiger partial charge in [-0.3, -0.25) is 0 Å². The van der Waals surface area contributed by atoms with Crippen LogP contribution in [0.4, 0.5) is 0 Å². The number of halogens is 1. The minimum absolute atomic E-state index is 1.11. The Morgan fingerprint density at radius 3 is 2.43 bits per heavy atom. The zero-order chi connectivity index (χ0) is 15.6. The van der Waals surface area contributed by atoms with Crippen molar-refractivity contribution in [2.24, 2.45) is 0 Å². The van der Waals surface area contributed by atoms with Gasteiger partial charge in [0.15, 0.2) is 7.28 Å². The summed E-state index contributed by atoms with van der Waals surface area (Å²) in [5.41, 5.74) is 5.40.